The highest BCUT2D eigenvalue weighted by molar-refractivity contribution is 5.46. The van der Waals surface area contributed by atoms with Gasteiger partial charge in [-0.3, -0.25) is 0 Å². The summed E-state index contributed by atoms with van der Waals surface area (Å²) < 4.78 is 12.7. The number of rotatable bonds is 3. The highest BCUT2D eigenvalue weighted by Gasteiger charge is 2.42. The third-order valence-electron chi connectivity index (χ3n) is 4.06. The van der Waals surface area contributed by atoms with E-state index in [4.69, 9.17) is 9.47 Å². The van der Waals surface area contributed by atoms with Gasteiger partial charge in [-0.15, -0.1) is 0 Å². The van der Waals surface area contributed by atoms with Crippen LogP contribution in [0, 0.1) is 5.41 Å². The Morgan fingerprint density at radius 2 is 2.00 bits per heavy atom. The van der Waals surface area contributed by atoms with Gasteiger partial charge in [0.2, 0.25) is 6.79 Å². The SMILES string of the molecule is CC(C)(C)C(O)(Cn1ccnc1)c1ccc2c(c1)OCO2. The fourth-order valence-corrected chi connectivity index (χ4v) is 2.56. The molecule has 2 heterocycles. The number of benzene rings is 1. The van der Waals surface area contributed by atoms with Crippen LogP contribution >= 0.6 is 0 Å². The first-order chi connectivity index (χ1) is 9.90. The molecule has 1 aliphatic rings. The number of aromatic nitrogens is 2. The van der Waals surface area contributed by atoms with Gasteiger partial charge in [0.05, 0.1) is 12.9 Å². The van der Waals surface area contributed by atoms with Crippen LogP contribution in [0.2, 0.25) is 0 Å². The molecule has 1 aliphatic heterocycles. The maximum absolute atomic E-state index is 11.4. The zero-order valence-electron chi connectivity index (χ0n) is 12.5. The molecule has 0 radical (unpaired) electrons. The van der Waals surface area contributed by atoms with Crippen LogP contribution in [0.25, 0.3) is 0 Å². The molecule has 0 fully saturated rings. The van der Waals surface area contributed by atoms with Crippen molar-refractivity contribution in [2.45, 2.75) is 32.9 Å². The number of hydrogen-bond acceptors (Lipinski definition) is 4. The Balaban J connectivity index is 2.03. The van der Waals surface area contributed by atoms with Crippen molar-refractivity contribution in [2.75, 3.05) is 6.79 Å². The summed E-state index contributed by atoms with van der Waals surface area (Å²) in [6.45, 7) is 6.72. The first-order valence-electron chi connectivity index (χ1n) is 6.98. The smallest absolute Gasteiger partial charge is 0.231 e. The molecule has 1 N–H and O–H groups in total. The van der Waals surface area contributed by atoms with E-state index in [-0.39, 0.29) is 12.2 Å². The van der Waals surface area contributed by atoms with E-state index in [2.05, 4.69) is 4.98 Å². The Bertz CT molecular complexity index is 631. The number of nitrogens with zero attached hydrogens (tertiary/aromatic N) is 2. The van der Waals surface area contributed by atoms with Crippen molar-refractivity contribution in [2.24, 2.45) is 5.41 Å². The summed E-state index contributed by atoms with van der Waals surface area (Å²) >= 11 is 0. The van der Waals surface area contributed by atoms with Crippen molar-refractivity contribution in [1.82, 2.24) is 9.55 Å². The van der Waals surface area contributed by atoms with Crippen molar-refractivity contribution in [1.29, 1.82) is 0 Å². The van der Waals surface area contributed by atoms with Crippen LogP contribution in [-0.2, 0) is 12.1 Å². The maximum Gasteiger partial charge on any atom is 0.231 e. The molecule has 1 atom stereocenters. The molecule has 21 heavy (non-hydrogen) atoms. The van der Waals surface area contributed by atoms with E-state index in [0.29, 0.717) is 12.3 Å². The van der Waals surface area contributed by atoms with Gasteiger partial charge in [-0.05, 0) is 23.1 Å². The first-order valence-corrected chi connectivity index (χ1v) is 6.98. The van der Waals surface area contributed by atoms with Crippen LogP contribution in [0.3, 0.4) is 0 Å². The van der Waals surface area contributed by atoms with E-state index in [0.717, 1.165) is 11.3 Å². The summed E-state index contributed by atoms with van der Waals surface area (Å²) in [6.07, 6.45) is 5.27. The quantitative estimate of drug-likeness (QED) is 0.943. The van der Waals surface area contributed by atoms with Crippen molar-refractivity contribution in [3.05, 3.63) is 42.5 Å². The molecule has 0 spiro atoms. The van der Waals surface area contributed by atoms with Gasteiger partial charge in [0, 0.05) is 12.4 Å². The third kappa shape index (κ3) is 2.38. The van der Waals surface area contributed by atoms with E-state index in [1.807, 2.05) is 49.7 Å². The minimum atomic E-state index is -1.05. The molecule has 1 aromatic heterocycles. The van der Waals surface area contributed by atoms with E-state index in [1.165, 1.54) is 0 Å². The molecule has 0 aliphatic carbocycles. The number of imidazole rings is 1. The molecule has 0 amide bonds. The number of hydrogen-bond donors (Lipinski definition) is 1. The highest BCUT2D eigenvalue weighted by atomic mass is 16.7. The first kappa shape index (κ1) is 13.9. The van der Waals surface area contributed by atoms with Crippen LogP contribution in [0.4, 0.5) is 0 Å². The van der Waals surface area contributed by atoms with Gasteiger partial charge in [-0.25, -0.2) is 4.98 Å². The van der Waals surface area contributed by atoms with Gasteiger partial charge in [0.1, 0.15) is 5.60 Å². The van der Waals surface area contributed by atoms with Gasteiger partial charge in [-0.2, -0.15) is 0 Å². The van der Waals surface area contributed by atoms with Crippen molar-refractivity contribution >= 4 is 0 Å². The van der Waals surface area contributed by atoms with Crippen LogP contribution in [-0.4, -0.2) is 21.5 Å². The van der Waals surface area contributed by atoms with E-state index >= 15 is 0 Å². The standard InChI is InChI=1S/C16H20N2O3/c1-15(2,3)16(19,9-18-7-6-17-10-18)12-4-5-13-14(8-12)21-11-20-13/h4-8,10,19H,9,11H2,1-3H3. The Kier molecular flexibility index (Phi) is 3.17. The van der Waals surface area contributed by atoms with Crippen molar-refractivity contribution in [3.8, 4) is 11.5 Å². The van der Waals surface area contributed by atoms with Gasteiger partial charge in [0.25, 0.3) is 0 Å². The second-order valence-electron chi connectivity index (χ2n) is 6.41. The molecule has 0 saturated carbocycles. The van der Waals surface area contributed by atoms with Gasteiger partial charge in [0.15, 0.2) is 11.5 Å². The molecule has 3 rings (SSSR count). The van der Waals surface area contributed by atoms with Crippen LogP contribution in [0.5, 0.6) is 11.5 Å². The Labute approximate surface area is 124 Å². The van der Waals surface area contributed by atoms with E-state index in [9.17, 15) is 5.11 Å². The lowest BCUT2D eigenvalue weighted by atomic mass is 9.72. The predicted molar refractivity (Wildman–Crippen MR) is 78.1 cm³/mol. The molecular weight excluding hydrogens is 268 g/mol. The Morgan fingerprint density at radius 1 is 1.24 bits per heavy atom. The summed E-state index contributed by atoms with van der Waals surface area (Å²) in [5.41, 5.74) is -0.590. The lowest BCUT2D eigenvalue weighted by molar-refractivity contribution is -0.0782. The topological polar surface area (TPSA) is 56.5 Å². The van der Waals surface area contributed by atoms with Gasteiger partial charge in [-0.1, -0.05) is 26.8 Å². The minimum Gasteiger partial charge on any atom is -0.454 e. The molecule has 5 heteroatoms. The van der Waals surface area contributed by atoms with Crippen LogP contribution in [0.1, 0.15) is 26.3 Å². The monoisotopic (exact) mass is 288 g/mol. The number of fused-ring (bicyclic) bond motifs is 1. The van der Waals surface area contributed by atoms with Crippen LogP contribution in [0.15, 0.2) is 36.9 Å². The van der Waals surface area contributed by atoms with Crippen molar-refractivity contribution in [3.63, 3.8) is 0 Å². The fourth-order valence-electron chi connectivity index (χ4n) is 2.56. The zero-order valence-corrected chi connectivity index (χ0v) is 12.5. The summed E-state index contributed by atoms with van der Waals surface area (Å²) in [5.74, 6) is 1.40. The van der Waals surface area contributed by atoms with Crippen molar-refractivity contribution < 1.29 is 14.6 Å². The second-order valence-corrected chi connectivity index (χ2v) is 6.41. The summed E-state index contributed by atoms with van der Waals surface area (Å²) in [4.78, 5) is 4.05. The second kappa shape index (κ2) is 4.77. The molecule has 1 aromatic carbocycles. The summed E-state index contributed by atoms with van der Waals surface area (Å²) in [7, 11) is 0. The highest BCUT2D eigenvalue weighted by Crippen LogP contribution is 2.44. The largest absolute Gasteiger partial charge is 0.454 e. The minimum absolute atomic E-state index is 0.230. The van der Waals surface area contributed by atoms with E-state index < -0.39 is 5.60 Å². The third-order valence-corrected chi connectivity index (χ3v) is 4.06. The van der Waals surface area contributed by atoms with Gasteiger partial charge < -0.3 is 19.1 Å². The van der Waals surface area contributed by atoms with Gasteiger partial charge >= 0.3 is 0 Å². The average molecular weight is 288 g/mol. The predicted octanol–water partition coefficient (Wildman–Crippen LogP) is 2.55. The average Bonchev–Trinajstić information content (AvgIpc) is 3.06. The molecule has 2 aromatic rings. The number of aliphatic hydroxyl groups is 1. The molecule has 5 nitrogen and oxygen atoms in total. The Hall–Kier alpha value is -2.01. The normalized spacial score (nSPS) is 16.8. The zero-order chi connectivity index (χ0) is 15.1. The number of ether oxygens (including phenoxy) is 2. The Morgan fingerprint density at radius 3 is 2.67 bits per heavy atom. The summed E-state index contributed by atoms with van der Waals surface area (Å²) in [6, 6.07) is 5.61. The molecule has 0 bridgehead atoms. The van der Waals surface area contributed by atoms with Crippen LogP contribution < -0.4 is 9.47 Å². The summed E-state index contributed by atoms with van der Waals surface area (Å²) in [5, 5.41) is 11.4. The molecule has 0 saturated heterocycles. The molecular formula is C16H20N2O3. The molecule has 1 unspecified atom stereocenters. The maximum atomic E-state index is 11.4. The fraction of sp³-hybridized carbons (Fsp3) is 0.438. The molecule has 112 valence electrons. The van der Waals surface area contributed by atoms with E-state index in [1.54, 1.807) is 12.5 Å². The lowest BCUT2D eigenvalue weighted by Gasteiger charge is -2.41. The lowest BCUT2D eigenvalue weighted by Crippen LogP contribution is -2.43.